The lowest BCUT2D eigenvalue weighted by molar-refractivity contribution is 0.297. The third kappa shape index (κ3) is 3.64. The Kier molecular flexibility index (Phi) is 5.11. The molecule has 0 unspecified atom stereocenters. The zero-order valence-corrected chi connectivity index (χ0v) is 12.9. The number of ether oxygens (including phenoxy) is 2. The van der Waals surface area contributed by atoms with E-state index in [0.29, 0.717) is 17.4 Å². The van der Waals surface area contributed by atoms with E-state index in [-0.39, 0.29) is 0 Å². The van der Waals surface area contributed by atoms with E-state index < -0.39 is 0 Å². The fourth-order valence-electron chi connectivity index (χ4n) is 1.72. The van der Waals surface area contributed by atoms with Crippen molar-refractivity contribution >= 4 is 27.5 Å². The average molecular weight is 342 g/mol. The summed E-state index contributed by atoms with van der Waals surface area (Å²) >= 11 is 9.57. The largest absolute Gasteiger partial charge is 0.496 e. The minimum absolute atomic E-state index is 0.428. The molecule has 2 aromatic carbocycles. The van der Waals surface area contributed by atoms with Gasteiger partial charge >= 0.3 is 0 Å². The number of benzene rings is 2. The van der Waals surface area contributed by atoms with E-state index in [2.05, 4.69) is 15.9 Å². The highest BCUT2D eigenvalue weighted by Gasteiger charge is 2.06. The van der Waals surface area contributed by atoms with Gasteiger partial charge in [-0.15, -0.1) is 0 Å². The minimum atomic E-state index is 0.428. The van der Waals surface area contributed by atoms with Gasteiger partial charge in [-0.2, -0.15) is 0 Å². The summed E-state index contributed by atoms with van der Waals surface area (Å²) in [6.45, 7) is 0.428. The summed E-state index contributed by atoms with van der Waals surface area (Å²) in [5.74, 6) is 1.49. The SMILES string of the molecule is COc1ccccc1COc1ccc(CBr)cc1Cl. The molecule has 4 heteroatoms. The Balaban J connectivity index is 2.10. The molecule has 0 bridgehead atoms. The van der Waals surface area contributed by atoms with Gasteiger partial charge in [-0.25, -0.2) is 0 Å². The molecule has 0 saturated carbocycles. The van der Waals surface area contributed by atoms with Gasteiger partial charge in [-0.3, -0.25) is 0 Å². The monoisotopic (exact) mass is 340 g/mol. The van der Waals surface area contributed by atoms with Gasteiger partial charge in [-0.1, -0.05) is 51.8 Å². The Morgan fingerprint density at radius 3 is 2.58 bits per heavy atom. The molecule has 19 heavy (non-hydrogen) atoms. The number of alkyl halides is 1. The molecule has 0 aromatic heterocycles. The third-order valence-electron chi connectivity index (χ3n) is 2.73. The Bertz CT molecular complexity index is 558. The van der Waals surface area contributed by atoms with E-state index in [1.54, 1.807) is 7.11 Å². The van der Waals surface area contributed by atoms with Crippen molar-refractivity contribution in [3.8, 4) is 11.5 Å². The first-order valence-corrected chi connectivity index (χ1v) is 7.33. The van der Waals surface area contributed by atoms with Crippen molar-refractivity contribution in [1.29, 1.82) is 0 Å². The van der Waals surface area contributed by atoms with Crippen LogP contribution in [0.4, 0.5) is 0 Å². The predicted octanol–water partition coefficient (Wildman–Crippen LogP) is 4.82. The molecule has 0 aliphatic rings. The fraction of sp³-hybridized carbons (Fsp3) is 0.200. The van der Waals surface area contributed by atoms with Gasteiger partial charge < -0.3 is 9.47 Å². The van der Waals surface area contributed by atoms with E-state index in [4.69, 9.17) is 21.1 Å². The number of hydrogen-bond donors (Lipinski definition) is 0. The van der Waals surface area contributed by atoms with Gasteiger partial charge in [-0.05, 0) is 23.8 Å². The third-order valence-corrected chi connectivity index (χ3v) is 3.67. The van der Waals surface area contributed by atoms with E-state index >= 15 is 0 Å². The molecule has 2 nitrogen and oxygen atoms in total. The number of para-hydroxylation sites is 1. The van der Waals surface area contributed by atoms with Gasteiger partial charge in [0.15, 0.2) is 0 Å². The Hall–Kier alpha value is -1.19. The molecule has 0 amide bonds. The van der Waals surface area contributed by atoms with Crippen LogP contribution in [0, 0.1) is 0 Å². The molecule has 0 atom stereocenters. The van der Waals surface area contributed by atoms with Crippen molar-refractivity contribution in [1.82, 2.24) is 0 Å². The van der Waals surface area contributed by atoms with Crippen LogP contribution in [0.3, 0.4) is 0 Å². The van der Waals surface area contributed by atoms with Crippen LogP contribution >= 0.6 is 27.5 Å². The average Bonchev–Trinajstić information content (AvgIpc) is 2.46. The molecule has 2 aromatic rings. The van der Waals surface area contributed by atoms with Crippen LogP contribution in [0.15, 0.2) is 42.5 Å². The number of halogens is 2. The first kappa shape index (κ1) is 14.2. The quantitative estimate of drug-likeness (QED) is 0.726. The van der Waals surface area contributed by atoms with Gasteiger partial charge in [0.1, 0.15) is 18.1 Å². The second-order valence-corrected chi connectivity index (χ2v) is 4.97. The molecule has 100 valence electrons. The molecule has 2 rings (SSSR count). The fourth-order valence-corrected chi connectivity index (χ4v) is 2.33. The normalized spacial score (nSPS) is 10.3. The van der Waals surface area contributed by atoms with Crippen LogP contribution in [0.1, 0.15) is 11.1 Å². The number of methoxy groups -OCH3 is 1. The summed E-state index contributed by atoms with van der Waals surface area (Å²) in [5.41, 5.74) is 2.11. The minimum Gasteiger partial charge on any atom is -0.496 e. The van der Waals surface area contributed by atoms with E-state index in [9.17, 15) is 0 Å². The summed E-state index contributed by atoms with van der Waals surface area (Å²) in [6.07, 6.45) is 0. The van der Waals surface area contributed by atoms with Gasteiger partial charge in [0, 0.05) is 10.9 Å². The highest BCUT2D eigenvalue weighted by Crippen LogP contribution is 2.28. The zero-order chi connectivity index (χ0) is 13.7. The van der Waals surface area contributed by atoms with Crippen LogP contribution in [-0.2, 0) is 11.9 Å². The Morgan fingerprint density at radius 2 is 1.89 bits per heavy atom. The summed E-state index contributed by atoms with van der Waals surface area (Å²) in [4.78, 5) is 0. The maximum atomic E-state index is 6.17. The van der Waals surface area contributed by atoms with Crippen LogP contribution < -0.4 is 9.47 Å². The second-order valence-electron chi connectivity index (χ2n) is 4.00. The number of hydrogen-bond acceptors (Lipinski definition) is 2. The molecule has 0 saturated heterocycles. The van der Waals surface area contributed by atoms with Gasteiger partial charge in [0.05, 0.1) is 12.1 Å². The lowest BCUT2D eigenvalue weighted by Gasteiger charge is -2.11. The molecule has 0 radical (unpaired) electrons. The summed E-state index contributed by atoms with van der Waals surface area (Å²) in [5, 5.41) is 1.39. The number of rotatable bonds is 5. The van der Waals surface area contributed by atoms with Gasteiger partial charge in [0.25, 0.3) is 0 Å². The van der Waals surface area contributed by atoms with Crippen molar-refractivity contribution in [2.75, 3.05) is 7.11 Å². The van der Waals surface area contributed by atoms with E-state index in [1.165, 1.54) is 0 Å². The second kappa shape index (κ2) is 6.83. The summed E-state index contributed by atoms with van der Waals surface area (Å²) in [7, 11) is 1.65. The molecule has 0 aliphatic carbocycles. The first-order valence-electron chi connectivity index (χ1n) is 5.83. The Morgan fingerprint density at radius 1 is 1.11 bits per heavy atom. The zero-order valence-electron chi connectivity index (χ0n) is 10.5. The smallest absolute Gasteiger partial charge is 0.138 e. The van der Waals surface area contributed by atoms with Crippen LogP contribution in [0.5, 0.6) is 11.5 Å². The first-order chi connectivity index (χ1) is 9.24. The molecule has 0 aliphatic heterocycles. The molecule has 0 N–H and O–H groups in total. The van der Waals surface area contributed by atoms with Crippen molar-refractivity contribution in [2.24, 2.45) is 0 Å². The highest BCUT2D eigenvalue weighted by molar-refractivity contribution is 9.08. The summed E-state index contributed by atoms with van der Waals surface area (Å²) in [6, 6.07) is 13.5. The standard InChI is InChI=1S/C15H14BrClO2/c1-18-14-5-3-2-4-12(14)10-19-15-7-6-11(9-16)8-13(15)17/h2-8H,9-10H2,1H3. The molecular weight excluding hydrogens is 328 g/mol. The van der Waals surface area contributed by atoms with Crippen molar-refractivity contribution < 1.29 is 9.47 Å². The van der Waals surface area contributed by atoms with E-state index in [0.717, 1.165) is 22.2 Å². The topological polar surface area (TPSA) is 18.5 Å². The van der Waals surface area contributed by atoms with Crippen molar-refractivity contribution in [3.05, 3.63) is 58.6 Å². The lowest BCUT2D eigenvalue weighted by Crippen LogP contribution is -1.99. The van der Waals surface area contributed by atoms with Crippen LogP contribution in [0.2, 0.25) is 5.02 Å². The molecule has 0 fully saturated rings. The molecular formula is C15H14BrClO2. The highest BCUT2D eigenvalue weighted by atomic mass is 79.9. The Labute approximate surface area is 126 Å². The van der Waals surface area contributed by atoms with Crippen LogP contribution in [-0.4, -0.2) is 7.11 Å². The molecule has 0 spiro atoms. The van der Waals surface area contributed by atoms with Crippen molar-refractivity contribution in [3.63, 3.8) is 0 Å². The van der Waals surface area contributed by atoms with Crippen molar-refractivity contribution in [2.45, 2.75) is 11.9 Å². The van der Waals surface area contributed by atoms with Gasteiger partial charge in [0.2, 0.25) is 0 Å². The maximum absolute atomic E-state index is 6.17. The predicted molar refractivity (Wildman–Crippen MR) is 81.4 cm³/mol. The lowest BCUT2D eigenvalue weighted by atomic mass is 10.2. The van der Waals surface area contributed by atoms with Crippen LogP contribution in [0.25, 0.3) is 0 Å². The molecule has 0 heterocycles. The summed E-state index contributed by atoms with van der Waals surface area (Å²) < 4.78 is 11.0. The maximum Gasteiger partial charge on any atom is 0.138 e. The van der Waals surface area contributed by atoms with E-state index in [1.807, 2.05) is 42.5 Å².